The third-order valence-corrected chi connectivity index (χ3v) is 2.71. The van der Waals surface area contributed by atoms with Crippen LogP contribution in [0.15, 0.2) is 18.3 Å². The highest BCUT2D eigenvalue weighted by atomic mass is 35.5. The van der Waals surface area contributed by atoms with Crippen molar-refractivity contribution in [2.45, 2.75) is 26.3 Å². The average Bonchev–Trinajstić information content (AvgIpc) is 2.27. The molecule has 0 fully saturated rings. The van der Waals surface area contributed by atoms with Crippen molar-refractivity contribution in [3.05, 3.63) is 29.0 Å². The van der Waals surface area contributed by atoms with E-state index in [4.69, 9.17) is 16.7 Å². The number of carboxylic acids is 1. The summed E-state index contributed by atoms with van der Waals surface area (Å²) in [6, 6.07) is 2.55. The molecule has 0 saturated carbocycles. The van der Waals surface area contributed by atoms with Gasteiger partial charge in [0.25, 0.3) is 5.91 Å². The number of nitrogens with zero attached hydrogens (tertiary/aromatic N) is 1. The second-order valence-electron chi connectivity index (χ2n) is 4.29. The number of nitrogens with one attached hydrogen (secondary N) is 1. The number of carbonyl (C=O) groups is 2. The Hall–Kier alpha value is -1.62. The molecule has 1 aromatic rings. The first-order valence-corrected chi connectivity index (χ1v) is 5.92. The molecular weight excluding hydrogens is 256 g/mol. The van der Waals surface area contributed by atoms with Gasteiger partial charge in [-0.25, -0.2) is 4.98 Å². The van der Waals surface area contributed by atoms with Crippen LogP contribution in [0.5, 0.6) is 0 Å². The Morgan fingerprint density at radius 3 is 2.67 bits per heavy atom. The largest absolute Gasteiger partial charge is 0.481 e. The average molecular weight is 271 g/mol. The number of halogens is 1. The SMILES string of the molecule is CC(C)C(CC(=O)O)NC(=O)c1ccnc(Cl)c1. The molecule has 0 aromatic carbocycles. The van der Waals surface area contributed by atoms with Gasteiger partial charge in [0.05, 0.1) is 6.42 Å². The van der Waals surface area contributed by atoms with E-state index in [2.05, 4.69) is 10.3 Å². The van der Waals surface area contributed by atoms with Crippen molar-refractivity contribution in [2.24, 2.45) is 5.92 Å². The number of rotatable bonds is 5. The normalized spacial score (nSPS) is 12.2. The number of aliphatic carboxylic acids is 1. The lowest BCUT2D eigenvalue weighted by Crippen LogP contribution is -2.40. The van der Waals surface area contributed by atoms with E-state index < -0.39 is 12.0 Å². The van der Waals surface area contributed by atoms with Gasteiger partial charge in [-0.3, -0.25) is 9.59 Å². The number of pyridine rings is 1. The van der Waals surface area contributed by atoms with Crippen molar-refractivity contribution in [1.82, 2.24) is 10.3 Å². The zero-order chi connectivity index (χ0) is 13.7. The van der Waals surface area contributed by atoms with E-state index in [1.807, 2.05) is 13.8 Å². The van der Waals surface area contributed by atoms with Crippen molar-refractivity contribution in [3.8, 4) is 0 Å². The van der Waals surface area contributed by atoms with E-state index in [-0.39, 0.29) is 23.4 Å². The van der Waals surface area contributed by atoms with E-state index in [1.54, 1.807) is 0 Å². The summed E-state index contributed by atoms with van der Waals surface area (Å²) in [7, 11) is 0. The molecule has 1 rings (SSSR count). The van der Waals surface area contributed by atoms with Crippen molar-refractivity contribution < 1.29 is 14.7 Å². The predicted molar refractivity (Wildman–Crippen MR) is 67.6 cm³/mol. The number of amides is 1. The van der Waals surface area contributed by atoms with Crippen LogP contribution in [0.3, 0.4) is 0 Å². The van der Waals surface area contributed by atoms with Gasteiger partial charge in [0.1, 0.15) is 5.15 Å². The molecule has 0 aliphatic rings. The Bertz CT molecular complexity index is 449. The first-order valence-electron chi connectivity index (χ1n) is 5.54. The lowest BCUT2D eigenvalue weighted by atomic mass is 10.0. The molecule has 1 amide bonds. The fourth-order valence-corrected chi connectivity index (χ4v) is 1.61. The van der Waals surface area contributed by atoms with Crippen LogP contribution in [-0.2, 0) is 4.79 Å². The van der Waals surface area contributed by atoms with Crippen molar-refractivity contribution in [3.63, 3.8) is 0 Å². The first kappa shape index (κ1) is 14.4. The number of carbonyl (C=O) groups excluding carboxylic acids is 1. The fourth-order valence-electron chi connectivity index (χ4n) is 1.44. The molecule has 1 heterocycles. The first-order chi connectivity index (χ1) is 8.40. The number of hydrogen-bond donors (Lipinski definition) is 2. The van der Waals surface area contributed by atoms with Crippen molar-refractivity contribution in [2.75, 3.05) is 0 Å². The smallest absolute Gasteiger partial charge is 0.305 e. The fraction of sp³-hybridized carbons (Fsp3) is 0.417. The number of hydrogen-bond acceptors (Lipinski definition) is 3. The van der Waals surface area contributed by atoms with Gasteiger partial charge in [0.15, 0.2) is 0 Å². The molecule has 0 aliphatic heterocycles. The van der Waals surface area contributed by atoms with Crippen molar-refractivity contribution in [1.29, 1.82) is 0 Å². The van der Waals surface area contributed by atoms with Crippen LogP contribution in [0, 0.1) is 5.92 Å². The molecule has 0 spiro atoms. The van der Waals surface area contributed by atoms with Gasteiger partial charge in [-0.05, 0) is 18.1 Å². The lowest BCUT2D eigenvalue weighted by Gasteiger charge is -2.20. The number of aromatic nitrogens is 1. The highest BCUT2D eigenvalue weighted by Gasteiger charge is 2.20. The summed E-state index contributed by atoms with van der Waals surface area (Å²) < 4.78 is 0. The topological polar surface area (TPSA) is 79.3 Å². The van der Waals surface area contributed by atoms with Crippen LogP contribution in [0.1, 0.15) is 30.6 Å². The predicted octanol–water partition coefficient (Wildman–Crippen LogP) is 1.96. The summed E-state index contributed by atoms with van der Waals surface area (Å²) in [5.41, 5.74) is 0.367. The second kappa shape index (κ2) is 6.35. The monoisotopic (exact) mass is 270 g/mol. The standard InChI is InChI=1S/C12H15ClN2O3/c1-7(2)9(6-11(16)17)15-12(18)8-3-4-14-10(13)5-8/h3-5,7,9H,6H2,1-2H3,(H,15,18)(H,16,17). The quantitative estimate of drug-likeness (QED) is 0.802. The van der Waals surface area contributed by atoms with Gasteiger partial charge in [-0.1, -0.05) is 25.4 Å². The second-order valence-corrected chi connectivity index (χ2v) is 4.68. The molecule has 0 saturated heterocycles. The van der Waals surface area contributed by atoms with Gasteiger partial charge in [-0.15, -0.1) is 0 Å². The molecule has 0 bridgehead atoms. The van der Waals surface area contributed by atoms with E-state index in [1.165, 1.54) is 18.3 Å². The Balaban J connectivity index is 2.75. The Morgan fingerprint density at radius 2 is 2.17 bits per heavy atom. The maximum absolute atomic E-state index is 11.9. The maximum Gasteiger partial charge on any atom is 0.305 e. The summed E-state index contributed by atoms with van der Waals surface area (Å²) in [5, 5.41) is 11.7. The Kier molecular flexibility index (Phi) is 5.09. The molecule has 2 N–H and O–H groups in total. The van der Waals surface area contributed by atoms with E-state index in [9.17, 15) is 9.59 Å². The molecule has 18 heavy (non-hydrogen) atoms. The summed E-state index contributed by atoms with van der Waals surface area (Å²) in [6.07, 6.45) is 1.32. The van der Waals surface area contributed by atoms with Gasteiger partial charge >= 0.3 is 5.97 Å². The lowest BCUT2D eigenvalue weighted by molar-refractivity contribution is -0.137. The number of carboxylic acid groups (broad SMARTS) is 1. The van der Waals surface area contributed by atoms with Gasteiger partial charge in [0.2, 0.25) is 0 Å². The molecule has 1 unspecified atom stereocenters. The van der Waals surface area contributed by atoms with E-state index >= 15 is 0 Å². The summed E-state index contributed by atoms with van der Waals surface area (Å²) in [6.45, 7) is 3.71. The minimum atomic E-state index is -0.943. The summed E-state index contributed by atoms with van der Waals surface area (Å²) in [4.78, 5) is 26.4. The van der Waals surface area contributed by atoms with Gasteiger partial charge in [0, 0.05) is 17.8 Å². The minimum absolute atomic E-state index is 0.0300. The molecule has 98 valence electrons. The Morgan fingerprint density at radius 1 is 1.50 bits per heavy atom. The zero-order valence-electron chi connectivity index (χ0n) is 10.2. The van der Waals surface area contributed by atoms with Crippen LogP contribution < -0.4 is 5.32 Å². The van der Waals surface area contributed by atoms with E-state index in [0.717, 1.165) is 0 Å². The Labute approximate surface area is 110 Å². The van der Waals surface area contributed by atoms with Gasteiger partial charge < -0.3 is 10.4 Å². The highest BCUT2D eigenvalue weighted by molar-refractivity contribution is 6.29. The molecule has 0 aliphatic carbocycles. The van der Waals surface area contributed by atoms with Crippen LogP contribution in [0.4, 0.5) is 0 Å². The molecule has 5 nitrogen and oxygen atoms in total. The maximum atomic E-state index is 11.9. The zero-order valence-corrected chi connectivity index (χ0v) is 10.9. The minimum Gasteiger partial charge on any atom is -0.481 e. The summed E-state index contributed by atoms with van der Waals surface area (Å²) >= 11 is 5.69. The molecule has 0 radical (unpaired) electrons. The van der Waals surface area contributed by atoms with Crippen molar-refractivity contribution >= 4 is 23.5 Å². The molecule has 6 heteroatoms. The third kappa shape index (κ3) is 4.33. The van der Waals surface area contributed by atoms with Crippen LogP contribution in [0.2, 0.25) is 5.15 Å². The van der Waals surface area contributed by atoms with Crippen LogP contribution in [-0.4, -0.2) is 28.0 Å². The molecular formula is C12H15ClN2O3. The third-order valence-electron chi connectivity index (χ3n) is 2.50. The summed E-state index contributed by atoms with van der Waals surface area (Å²) in [5.74, 6) is -1.26. The molecule has 1 atom stereocenters. The van der Waals surface area contributed by atoms with Crippen LogP contribution in [0.25, 0.3) is 0 Å². The highest BCUT2D eigenvalue weighted by Crippen LogP contribution is 2.10. The van der Waals surface area contributed by atoms with E-state index in [0.29, 0.717) is 5.56 Å². The molecule has 1 aromatic heterocycles. The van der Waals surface area contributed by atoms with Crippen LogP contribution >= 0.6 is 11.6 Å². The van der Waals surface area contributed by atoms with Gasteiger partial charge in [-0.2, -0.15) is 0 Å².